The van der Waals surface area contributed by atoms with E-state index in [0.717, 1.165) is 30.9 Å². The molecule has 1 aliphatic rings. The van der Waals surface area contributed by atoms with E-state index in [1.54, 1.807) is 6.08 Å². The molecule has 0 fully saturated rings. The van der Waals surface area contributed by atoms with Gasteiger partial charge in [-0.15, -0.1) is 0 Å². The van der Waals surface area contributed by atoms with Crippen molar-refractivity contribution in [2.75, 3.05) is 5.32 Å². The topological polar surface area (TPSA) is 42.2 Å². The molecule has 0 unspecified atom stereocenters. The van der Waals surface area contributed by atoms with Crippen LogP contribution < -0.4 is 5.32 Å². The Bertz CT molecular complexity index is 1010. The fourth-order valence-electron chi connectivity index (χ4n) is 2.49. The zero-order valence-corrected chi connectivity index (χ0v) is 16.7. The number of benzene rings is 2. The molecule has 124 valence electrons. The van der Waals surface area contributed by atoms with Crippen molar-refractivity contribution >= 4 is 61.3 Å². The summed E-state index contributed by atoms with van der Waals surface area (Å²) in [5.41, 5.74) is 1.79. The van der Waals surface area contributed by atoms with Gasteiger partial charge in [-0.05, 0) is 42.5 Å². The zero-order chi connectivity index (χ0) is 17.4. The summed E-state index contributed by atoms with van der Waals surface area (Å²) in [6.45, 7) is 0. The Morgan fingerprint density at radius 2 is 1.88 bits per heavy atom. The van der Waals surface area contributed by atoms with Crippen molar-refractivity contribution in [3.8, 4) is 11.3 Å². The third kappa shape index (κ3) is 3.47. The van der Waals surface area contributed by atoms with Crippen molar-refractivity contribution in [3.63, 3.8) is 0 Å². The fraction of sp³-hybridized carbons (Fsp3) is 0. The first-order valence-electron chi connectivity index (χ1n) is 7.45. The van der Waals surface area contributed by atoms with E-state index in [4.69, 9.17) is 4.42 Å². The second-order valence-corrected chi connectivity index (χ2v) is 8.24. The number of nitrogens with one attached hydrogen (secondary N) is 1. The van der Waals surface area contributed by atoms with E-state index in [1.165, 1.54) is 11.8 Å². The lowest BCUT2D eigenvalue weighted by Crippen LogP contribution is -2.16. The number of rotatable bonds is 2. The molecule has 0 spiro atoms. The quantitative estimate of drug-likeness (QED) is 0.426. The van der Waals surface area contributed by atoms with Gasteiger partial charge >= 0.3 is 0 Å². The van der Waals surface area contributed by atoms with E-state index >= 15 is 0 Å². The van der Waals surface area contributed by atoms with Crippen molar-refractivity contribution in [2.45, 2.75) is 4.90 Å². The lowest BCUT2D eigenvalue weighted by Gasteiger charge is -2.17. The summed E-state index contributed by atoms with van der Waals surface area (Å²) in [5, 5.41) is 2.90. The van der Waals surface area contributed by atoms with Gasteiger partial charge in [-0.1, -0.05) is 55.8 Å². The number of furan rings is 1. The maximum atomic E-state index is 12.3. The molecule has 0 saturated carbocycles. The van der Waals surface area contributed by atoms with Gasteiger partial charge in [0.05, 0.1) is 10.6 Å². The highest BCUT2D eigenvalue weighted by molar-refractivity contribution is 9.11. The van der Waals surface area contributed by atoms with E-state index < -0.39 is 0 Å². The summed E-state index contributed by atoms with van der Waals surface area (Å²) in [6, 6.07) is 17.4. The van der Waals surface area contributed by atoms with Crippen molar-refractivity contribution in [3.05, 3.63) is 74.2 Å². The summed E-state index contributed by atoms with van der Waals surface area (Å²) < 4.78 is 7.84. The van der Waals surface area contributed by atoms with E-state index in [2.05, 4.69) is 37.2 Å². The first kappa shape index (κ1) is 16.7. The highest BCUT2D eigenvalue weighted by atomic mass is 79.9. The second kappa shape index (κ2) is 6.86. The third-order valence-corrected chi connectivity index (χ3v) is 5.96. The molecule has 4 rings (SSSR count). The van der Waals surface area contributed by atoms with Crippen LogP contribution in [0.4, 0.5) is 5.69 Å². The number of anilines is 1. The van der Waals surface area contributed by atoms with Crippen molar-refractivity contribution in [1.82, 2.24) is 0 Å². The molecule has 1 N–H and O–H groups in total. The Labute approximate surface area is 165 Å². The summed E-state index contributed by atoms with van der Waals surface area (Å²) >= 11 is 8.45. The van der Waals surface area contributed by atoms with Gasteiger partial charge in [0.1, 0.15) is 11.5 Å². The van der Waals surface area contributed by atoms with Crippen LogP contribution in [0.15, 0.2) is 77.8 Å². The summed E-state index contributed by atoms with van der Waals surface area (Å²) in [5.74, 6) is 1.26. The van der Waals surface area contributed by atoms with Crippen LogP contribution in [0, 0.1) is 0 Å². The van der Waals surface area contributed by atoms with Crippen LogP contribution in [0.3, 0.4) is 0 Å². The van der Waals surface area contributed by atoms with Gasteiger partial charge in [0.15, 0.2) is 0 Å². The van der Waals surface area contributed by atoms with Crippen molar-refractivity contribution in [1.29, 1.82) is 0 Å². The lowest BCUT2D eigenvalue weighted by atomic mass is 10.2. The van der Waals surface area contributed by atoms with Gasteiger partial charge in [0.25, 0.3) is 5.91 Å². The number of para-hydroxylation sites is 1. The Balaban J connectivity index is 1.66. The first-order valence-corrected chi connectivity index (χ1v) is 9.85. The predicted octanol–water partition coefficient (Wildman–Crippen LogP) is 6.56. The molecule has 1 amide bonds. The van der Waals surface area contributed by atoms with Crippen LogP contribution in [-0.2, 0) is 4.79 Å². The van der Waals surface area contributed by atoms with Gasteiger partial charge < -0.3 is 9.73 Å². The van der Waals surface area contributed by atoms with Gasteiger partial charge in [0, 0.05) is 25.5 Å². The molecule has 2 aromatic carbocycles. The standard InChI is InChI=1S/C19H11Br2NO2S/c20-11-5-7-14(21)13(9-11)16-8-6-12(24-16)10-18-19(23)22-15-3-1-2-4-17(15)25-18/h1-10H,(H,22,23)/b18-10+. The molecule has 0 atom stereocenters. The van der Waals surface area contributed by atoms with Crippen LogP contribution in [0.2, 0.25) is 0 Å². The Kier molecular flexibility index (Phi) is 4.58. The van der Waals surface area contributed by atoms with E-state index in [-0.39, 0.29) is 5.91 Å². The molecule has 3 aromatic rings. The molecule has 0 radical (unpaired) electrons. The highest BCUT2D eigenvalue weighted by Crippen LogP contribution is 2.39. The van der Waals surface area contributed by atoms with Gasteiger partial charge in [-0.25, -0.2) is 0 Å². The van der Waals surface area contributed by atoms with Crippen LogP contribution in [-0.4, -0.2) is 5.91 Å². The van der Waals surface area contributed by atoms with Crippen LogP contribution >= 0.6 is 43.6 Å². The monoisotopic (exact) mass is 475 g/mol. The third-order valence-electron chi connectivity index (χ3n) is 3.67. The fourth-order valence-corrected chi connectivity index (χ4v) is 4.23. The smallest absolute Gasteiger partial charge is 0.262 e. The maximum Gasteiger partial charge on any atom is 0.262 e. The average molecular weight is 477 g/mol. The molecular weight excluding hydrogens is 466 g/mol. The van der Waals surface area contributed by atoms with Crippen LogP contribution in [0.5, 0.6) is 0 Å². The molecule has 2 heterocycles. The van der Waals surface area contributed by atoms with Gasteiger partial charge in [0.2, 0.25) is 0 Å². The number of hydrogen-bond donors (Lipinski definition) is 1. The molecule has 1 aliphatic heterocycles. The minimum absolute atomic E-state index is 0.120. The average Bonchev–Trinajstić information content (AvgIpc) is 3.06. The number of carbonyl (C=O) groups excluding carboxylic acids is 1. The zero-order valence-electron chi connectivity index (χ0n) is 12.8. The number of carbonyl (C=O) groups is 1. The Morgan fingerprint density at radius 3 is 2.76 bits per heavy atom. The van der Waals surface area contributed by atoms with Crippen LogP contribution in [0.1, 0.15) is 5.76 Å². The summed E-state index contributed by atoms with van der Waals surface area (Å²) in [4.78, 5) is 13.9. The molecule has 1 aromatic heterocycles. The number of fused-ring (bicyclic) bond motifs is 1. The maximum absolute atomic E-state index is 12.3. The number of thioether (sulfide) groups is 1. The van der Waals surface area contributed by atoms with E-state index in [0.29, 0.717) is 10.7 Å². The first-order chi connectivity index (χ1) is 12.1. The molecule has 3 nitrogen and oxygen atoms in total. The predicted molar refractivity (Wildman–Crippen MR) is 108 cm³/mol. The second-order valence-electron chi connectivity index (χ2n) is 5.39. The minimum atomic E-state index is -0.120. The molecule has 25 heavy (non-hydrogen) atoms. The van der Waals surface area contributed by atoms with E-state index in [9.17, 15) is 4.79 Å². The number of hydrogen-bond acceptors (Lipinski definition) is 3. The Morgan fingerprint density at radius 1 is 1.04 bits per heavy atom. The normalized spacial score (nSPS) is 15.1. The SMILES string of the molecule is O=C1Nc2ccccc2S/C1=C/c1ccc(-c2cc(Br)ccc2Br)o1. The van der Waals surface area contributed by atoms with E-state index in [1.807, 2.05) is 54.6 Å². The number of halogens is 2. The lowest BCUT2D eigenvalue weighted by molar-refractivity contribution is -0.112. The van der Waals surface area contributed by atoms with Crippen molar-refractivity contribution in [2.24, 2.45) is 0 Å². The highest BCUT2D eigenvalue weighted by Gasteiger charge is 2.21. The number of amides is 1. The largest absolute Gasteiger partial charge is 0.457 e. The summed E-state index contributed by atoms with van der Waals surface area (Å²) in [6.07, 6.45) is 1.77. The molecule has 0 bridgehead atoms. The minimum Gasteiger partial charge on any atom is -0.457 e. The molecule has 0 aliphatic carbocycles. The Hall–Kier alpha value is -1.76. The summed E-state index contributed by atoms with van der Waals surface area (Å²) in [7, 11) is 0. The molecule has 0 saturated heterocycles. The van der Waals surface area contributed by atoms with Gasteiger partial charge in [-0.2, -0.15) is 0 Å². The van der Waals surface area contributed by atoms with Gasteiger partial charge in [-0.3, -0.25) is 4.79 Å². The molecular formula is C19H11Br2NO2S. The molecule has 6 heteroatoms. The van der Waals surface area contributed by atoms with Crippen molar-refractivity contribution < 1.29 is 9.21 Å². The van der Waals surface area contributed by atoms with Crippen LogP contribution in [0.25, 0.3) is 17.4 Å².